The summed E-state index contributed by atoms with van der Waals surface area (Å²) in [5, 5.41) is 10.00. The highest BCUT2D eigenvalue weighted by Gasteiger charge is 2.23. The Morgan fingerprint density at radius 1 is 1.11 bits per heavy atom. The molecular formula is C15H22O3. The molecule has 1 aliphatic carbocycles. The molecule has 1 aromatic carbocycles. The smallest absolute Gasteiger partial charge is 0.119 e. The van der Waals surface area contributed by atoms with Gasteiger partial charge in [-0.05, 0) is 49.9 Å². The van der Waals surface area contributed by atoms with Crippen LogP contribution in [0.15, 0.2) is 24.3 Å². The minimum Gasteiger partial charge on any atom is -0.494 e. The van der Waals surface area contributed by atoms with Gasteiger partial charge >= 0.3 is 0 Å². The first-order valence-electron chi connectivity index (χ1n) is 6.83. The van der Waals surface area contributed by atoms with Crippen molar-refractivity contribution in [1.82, 2.24) is 0 Å². The Labute approximate surface area is 109 Å². The highest BCUT2D eigenvalue weighted by molar-refractivity contribution is 5.31. The van der Waals surface area contributed by atoms with E-state index < -0.39 is 0 Å². The number of benzene rings is 1. The monoisotopic (exact) mass is 250 g/mol. The Balaban J connectivity index is 1.78. The van der Waals surface area contributed by atoms with Crippen molar-refractivity contribution in [3.63, 3.8) is 0 Å². The third kappa shape index (κ3) is 3.64. The lowest BCUT2D eigenvalue weighted by molar-refractivity contribution is 0.0593. The van der Waals surface area contributed by atoms with Crippen LogP contribution in [-0.2, 0) is 0 Å². The summed E-state index contributed by atoms with van der Waals surface area (Å²) in [5.41, 5.74) is 0. The van der Waals surface area contributed by atoms with Crippen molar-refractivity contribution in [2.75, 3.05) is 13.2 Å². The molecular weight excluding hydrogens is 228 g/mol. The number of ether oxygens (including phenoxy) is 2. The van der Waals surface area contributed by atoms with Crippen molar-refractivity contribution < 1.29 is 14.6 Å². The van der Waals surface area contributed by atoms with Gasteiger partial charge < -0.3 is 14.6 Å². The largest absolute Gasteiger partial charge is 0.494 e. The standard InChI is InChI=1S/C15H22O3/c1-2-17-13-7-9-14(10-8-13)18-11-15(16)12-5-3-4-6-12/h7-10,12,15-16H,2-6,11H2,1H3. The van der Waals surface area contributed by atoms with Gasteiger partial charge in [-0.25, -0.2) is 0 Å². The molecule has 1 N–H and O–H groups in total. The predicted molar refractivity (Wildman–Crippen MR) is 71.1 cm³/mol. The summed E-state index contributed by atoms with van der Waals surface area (Å²) < 4.78 is 11.0. The lowest BCUT2D eigenvalue weighted by atomic mass is 10.0. The second-order valence-electron chi connectivity index (χ2n) is 4.83. The Morgan fingerprint density at radius 3 is 2.22 bits per heavy atom. The molecule has 1 saturated carbocycles. The van der Waals surface area contributed by atoms with E-state index in [-0.39, 0.29) is 6.10 Å². The van der Waals surface area contributed by atoms with Crippen LogP contribution in [0.5, 0.6) is 11.5 Å². The summed E-state index contributed by atoms with van der Waals surface area (Å²) in [4.78, 5) is 0. The minimum absolute atomic E-state index is 0.334. The van der Waals surface area contributed by atoms with E-state index >= 15 is 0 Å². The zero-order valence-corrected chi connectivity index (χ0v) is 11.0. The lowest BCUT2D eigenvalue weighted by Gasteiger charge is -2.18. The van der Waals surface area contributed by atoms with Crippen LogP contribution >= 0.6 is 0 Å². The normalized spacial score (nSPS) is 17.7. The molecule has 1 aromatic rings. The fourth-order valence-electron chi connectivity index (χ4n) is 2.46. The Kier molecular flexibility index (Phi) is 4.88. The molecule has 0 heterocycles. The Bertz CT molecular complexity index is 341. The van der Waals surface area contributed by atoms with Crippen LogP contribution in [0.3, 0.4) is 0 Å². The molecule has 18 heavy (non-hydrogen) atoms. The van der Waals surface area contributed by atoms with Crippen LogP contribution in [0.1, 0.15) is 32.6 Å². The molecule has 0 aromatic heterocycles. The van der Waals surface area contributed by atoms with Gasteiger partial charge in [0.15, 0.2) is 0 Å². The summed E-state index contributed by atoms with van der Waals surface area (Å²) >= 11 is 0. The van der Waals surface area contributed by atoms with E-state index in [1.165, 1.54) is 12.8 Å². The third-order valence-electron chi connectivity index (χ3n) is 3.50. The SMILES string of the molecule is CCOc1ccc(OCC(O)C2CCCC2)cc1. The fraction of sp³-hybridized carbons (Fsp3) is 0.600. The Hall–Kier alpha value is -1.22. The van der Waals surface area contributed by atoms with E-state index in [0.717, 1.165) is 24.3 Å². The van der Waals surface area contributed by atoms with E-state index in [9.17, 15) is 5.11 Å². The fourth-order valence-corrected chi connectivity index (χ4v) is 2.46. The minimum atomic E-state index is -0.334. The second-order valence-corrected chi connectivity index (χ2v) is 4.83. The molecule has 0 radical (unpaired) electrons. The van der Waals surface area contributed by atoms with Crippen molar-refractivity contribution in [3.05, 3.63) is 24.3 Å². The topological polar surface area (TPSA) is 38.7 Å². The number of rotatable bonds is 6. The van der Waals surface area contributed by atoms with Gasteiger partial charge in [-0.1, -0.05) is 12.8 Å². The van der Waals surface area contributed by atoms with E-state index in [0.29, 0.717) is 19.1 Å². The molecule has 0 spiro atoms. The highest BCUT2D eigenvalue weighted by Crippen LogP contribution is 2.28. The van der Waals surface area contributed by atoms with Crippen molar-refractivity contribution in [2.24, 2.45) is 5.92 Å². The summed E-state index contributed by atoms with van der Waals surface area (Å²) in [7, 11) is 0. The predicted octanol–water partition coefficient (Wildman–Crippen LogP) is 3.02. The van der Waals surface area contributed by atoms with Crippen LogP contribution in [0.25, 0.3) is 0 Å². The van der Waals surface area contributed by atoms with Crippen LogP contribution < -0.4 is 9.47 Å². The third-order valence-corrected chi connectivity index (χ3v) is 3.50. The molecule has 1 aliphatic rings. The quantitative estimate of drug-likeness (QED) is 0.843. The van der Waals surface area contributed by atoms with Gasteiger partial charge in [-0.15, -0.1) is 0 Å². The van der Waals surface area contributed by atoms with Crippen LogP contribution in [0, 0.1) is 5.92 Å². The molecule has 1 unspecified atom stereocenters. The highest BCUT2D eigenvalue weighted by atomic mass is 16.5. The van der Waals surface area contributed by atoms with E-state index in [1.807, 2.05) is 31.2 Å². The van der Waals surface area contributed by atoms with Crippen molar-refractivity contribution in [1.29, 1.82) is 0 Å². The maximum Gasteiger partial charge on any atom is 0.119 e. The summed E-state index contributed by atoms with van der Waals surface area (Å²) in [6, 6.07) is 7.54. The summed E-state index contributed by atoms with van der Waals surface area (Å²) in [6.07, 6.45) is 4.41. The zero-order valence-electron chi connectivity index (χ0n) is 11.0. The van der Waals surface area contributed by atoms with Crippen LogP contribution in [0.4, 0.5) is 0 Å². The van der Waals surface area contributed by atoms with E-state index in [1.54, 1.807) is 0 Å². The van der Waals surface area contributed by atoms with Gasteiger partial charge in [0, 0.05) is 0 Å². The molecule has 3 heteroatoms. The van der Waals surface area contributed by atoms with Crippen molar-refractivity contribution in [2.45, 2.75) is 38.7 Å². The average Bonchev–Trinajstić information content (AvgIpc) is 2.92. The summed E-state index contributed by atoms with van der Waals surface area (Å²) in [5.74, 6) is 2.06. The molecule has 0 saturated heterocycles. The first-order valence-corrected chi connectivity index (χ1v) is 6.83. The molecule has 3 nitrogen and oxygen atoms in total. The van der Waals surface area contributed by atoms with Gasteiger partial charge in [0.2, 0.25) is 0 Å². The number of hydrogen-bond donors (Lipinski definition) is 1. The molecule has 0 amide bonds. The zero-order chi connectivity index (χ0) is 12.8. The Morgan fingerprint density at radius 2 is 1.67 bits per heavy atom. The number of hydrogen-bond acceptors (Lipinski definition) is 3. The second kappa shape index (κ2) is 6.64. The molecule has 0 bridgehead atoms. The number of aliphatic hydroxyl groups is 1. The van der Waals surface area contributed by atoms with Gasteiger partial charge in [-0.3, -0.25) is 0 Å². The molecule has 0 aliphatic heterocycles. The van der Waals surface area contributed by atoms with E-state index in [2.05, 4.69) is 0 Å². The van der Waals surface area contributed by atoms with Gasteiger partial charge in [0.05, 0.1) is 12.7 Å². The van der Waals surface area contributed by atoms with Crippen molar-refractivity contribution in [3.8, 4) is 11.5 Å². The molecule has 1 fully saturated rings. The molecule has 2 rings (SSSR count). The van der Waals surface area contributed by atoms with Crippen molar-refractivity contribution >= 4 is 0 Å². The maximum atomic E-state index is 10.00. The maximum absolute atomic E-state index is 10.00. The number of aliphatic hydroxyl groups excluding tert-OH is 1. The van der Waals surface area contributed by atoms with E-state index in [4.69, 9.17) is 9.47 Å². The van der Waals surface area contributed by atoms with Gasteiger partial charge in [-0.2, -0.15) is 0 Å². The van der Waals surface area contributed by atoms with Crippen LogP contribution in [-0.4, -0.2) is 24.4 Å². The molecule has 1 atom stereocenters. The summed E-state index contributed by atoms with van der Waals surface area (Å²) in [6.45, 7) is 3.02. The molecule has 100 valence electrons. The lowest BCUT2D eigenvalue weighted by Crippen LogP contribution is -2.25. The van der Waals surface area contributed by atoms with Crippen LogP contribution in [0.2, 0.25) is 0 Å². The first kappa shape index (κ1) is 13.2. The van der Waals surface area contributed by atoms with Gasteiger partial charge in [0.1, 0.15) is 18.1 Å². The first-order chi connectivity index (χ1) is 8.79. The van der Waals surface area contributed by atoms with Gasteiger partial charge in [0.25, 0.3) is 0 Å². The average molecular weight is 250 g/mol.